The van der Waals surface area contributed by atoms with E-state index in [4.69, 9.17) is 0 Å². The van der Waals surface area contributed by atoms with Gasteiger partial charge in [-0.3, -0.25) is 0 Å². The smallest absolute Gasteiger partial charge is 0.175 e. The number of fused-ring (bicyclic) bond motifs is 1. The summed E-state index contributed by atoms with van der Waals surface area (Å²) < 4.78 is 23.5. The van der Waals surface area contributed by atoms with Crippen LogP contribution >= 0.6 is 0 Å². The molecule has 23 heavy (non-hydrogen) atoms. The molecule has 0 aliphatic carbocycles. The topological polar surface area (TPSA) is 37.4 Å². The highest BCUT2D eigenvalue weighted by molar-refractivity contribution is 7.90. The lowest BCUT2D eigenvalue weighted by Crippen LogP contribution is -2.22. The van der Waals surface area contributed by atoms with Crippen LogP contribution in [0.3, 0.4) is 0 Å². The highest BCUT2D eigenvalue weighted by Gasteiger charge is 2.17. The van der Waals surface area contributed by atoms with E-state index < -0.39 is 9.84 Å². The maximum Gasteiger partial charge on any atom is 0.175 e. The molecular weight excluding hydrogens is 306 g/mol. The summed E-state index contributed by atoms with van der Waals surface area (Å²) in [6.45, 7) is 6.08. The number of benzene rings is 2. The maximum atomic E-state index is 11.8. The third-order valence-corrected chi connectivity index (χ3v) is 5.52. The second-order valence-electron chi connectivity index (χ2n) is 6.57. The molecule has 0 radical (unpaired) electrons. The Labute approximate surface area is 138 Å². The van der Waals surface area contributed by atoms with Crippen molar-refractivity contribution in [3.63, 3.8) is 0 Å². The molecule has 1 aliphatic rings. The lowest BCUT2D eigenvalue weighted by atomic mass is 10.0. The predicted octanol–water partition coefficient (Wildman–Crippen LogP) is 3.66. The lowest BCUT2D eigenvalue weighted by Gasteiger charge is -2.24. The van der Waals surface area contributed by atoms with Crippen molar-refractivity contribution in [2.75, 3.05) is 17.7 Å². The Morgan fingerprint density at radius 3 is 2.30 bits per heavy atom. The minimum atomic E-state index is -3.14. The van der Waals surface area contributed by atoms with Crippen LogP contribution in [0.1, 0.15) is 28.7 Å². The van der Waals surface area contributed by atoms with Gasteiger partial charge in [-0.05, 0) is 73.2 Å². The number of aryl methyl sites for hydroxylation is 3. The van der Waals surface area contributed by atoms with Gasteiger partial charge >= 0.3 is 0 Å². The van der Waals surface area contributed by atoms with E-state index in [1.807, 2.05) is 12.1 Å². The summed E-state index contributed by atoms with van der Waals surface area (Å²) in [5.41, 5.74) is 6.20. The number of anilines is 1. The van der Waals surface area contributed by atoms with E-state index in [1.54, 1.807) is 6.07 Å². The zero-order chi connectivity index (χ0) is 16.6. The fourth-order valence-corrected chi connectivity index (χ4v) is 3.99. The Bertz CT molecular complexity index is 820. The van der Waals surface area contributed by atoms with Crippen LogP contribution < -0.4 is 4.90 Å². The fraction of sp³-hybridized carbons (Fsp3) is 0.368. The molecule has 2 aromatic carbocycles. The molecule has 0 saturated carbocycles. The van der Waals surface area contributed by atoms with Crippen molar-refractivity contribution in [2.24, 2.45) is 0 Å². The van der Waals surface area contributed by atoms with Crippen molar-refractivity contribution >= 4 is 15.5 Å². The van der Waals surface area contributed by atoms with Crippen molar-refractivity contribution in [2.45, 2.75) is 38.1 Å². The molecule has 0 spiro atoms. The second-order valence-corrected chi connectivity index (χ2v) is 8.59. The van der Waals surface area contributed by atoms with Crippen LogP contribution in [-0.4, -0.2) is 21.2 Å². The Balaban J connectivity index is 1.95. The summed E-state index contributed by atoms with van der Waals surface area (Å²) in [5.74, 6) is 0. The van der Waals surface area contributed by atoms with Crippen molar-refractivity contribution in [1.29, 1.82) is 0 Å². The van der Waals surface area contributed by atoms with Crippen molar-refractivity contribution < 1.29 is 8.42 Å². The van der Waals surface area contributed by atoms with Crippen LogP contribution in [0.5, 0.6) is 0 Å². The van der Waals surface area contributed by atoms with Crippen LogP contribution in [0.25, 0.3) is 0 Å². The molecular formula is C19H23NO2S. The highest BCUT2D eigenvalue weighted by atomic mass is 32.2. The van der Waals surface area contributed by atoms with Crippen LogP contribution in [-0.2, 0) is 22.8 Å². The number of hydrogen-bond donors (Lipinski definition) is 0. The van der Waals surface area contributed by atoms with E-state index in [1.165, 1.54) is 34.2 Å². The lowest BCUT2D eigenvalue weighted by molar-refractivity contribution is 0.601. The number of sulfone groups is 1. The van der Waals surface area contributed by atoms with Gasteiger partial charge in [0.05, 0.1) is 4.90 Å². The van der Waals surface area contributed by atoms with Gasteiger partial charge in [-0.2, -0.15) is 0 Å². The first-order valence-electron chi connectivity index (χ1n) is 7.98. The number of rotatable bonds is 2. The first-order valence-corrected chi connectivity index (χ1v) is 9.87. The fourth-order valence-electron chi connectivity index (χ4n) is 3.32. The average molecular weight is 329 g/mol. The molecule has 3 rings (SSSR count). The molecule has 0 amide bonds. The highest BCUT2D eigenvalue weighted by Crippen LogP contribution is 2.27. The standard InChI is InChI=1S/C19H23NO2S/c1-14-9-15(2)11-18(10-14)20-8-4-5-16-12-19(23(3,21)22)7-6-17(16)13-20/h6-7,9-12H,4-5,8,13H2,1-3H3. The van der Waals surface area contributed by atoms with Gasteiger partial charge in [-0.25, -0.2) is 8.42 Å². The average Bonchev–Trinajstić information content (AvgIpc) is 2.66. The Morgan fingerprint density at radius 1 is 0.957 bits per heavy atom. The van der Waals surface area contributed by atoms with E-state index in [0.29, 0.717) is 4.90 Å². The molecule has 4 heteroatoms. The molecule has 0 N–H and O–H groups in total. The molecule has 122 valence electrons. The molecule has 0 aromatic heterocycles. The third kappa shape index (κ3) is 3.58. The molecule has 0 fully saturated rings. The van der Waals surface area contributed by atoms with E-state index in [2.05, 4.69) is 36.9 Å². The van der Waals surface area contributed by atoms with Crippen molar-refractivity contribution in [3.8, 4) is 0 Å². The largest absolute Gasteiger partial charge is 0.367 e. The Kier molecular flexibility index (Phi) is 4.19. The van der Waals surface area contributed by atoms with Crippen molar-refractivity contribution in [1.82, 2.24) is 0 Å². The summed E-state index contributed by atoms with van der Waals surface area (Å²) in [4.78, 5) is 2.82. The second kappa shape index (κ2) is 6.00. The normalized spacial score (nSPS) is 15.2. The van der Waals surface area contributed by atoms with E-state index in [0.717, 1.165) is 25.9 Å². The van der Waals surface area contributed by atoms with Crippen LogP contribution in [0.2, 0.25) is 0 Å². The third-order valence-electron chi connectivity index (χ3n) is 4.41. The minimum absolute atomic E-state index is 0.427. The number of nitrogens with zero attached hydrogens (tertiary/aromatic N) is 1. The van der Waals surface area contributed by atoms with E-state index in [9.17, 15) is 8.42 Å². The molecule has 0 atom stereocenters. The van der Waals surface area contributed by atoms with Gasteiger partial charge in [0, 0.05) is 25.0 Å². The molecule has 0 saturated heterocycles. The zero-order valence-electron chi connectivity index (χ0n) is 14.0. The monoisotopic (exact) mass is 329 g/mol. The zero-order valence-corrected chi connectivity index (χ0v) is 14.8. The predicted molar refractivity (Wildman–Crippen MR) is 94.8 cm³/mol. The first kappa shape index (κ1) is 16.1. The SMILES string of the molecule is Cc1cc(C)cc(N2CCCc3cc(S(C)(=O)=O)ccc3C2)c1. The van der Waals surface area contributed by atoms with Crippen LogP contribution in [0, 0.1) is 13.8 Å². The van der Waals surface area contributed by atoms with Crippen LogP contribution in [0.4, 0.5) is 5.69 Å². The van der Waals surface area contributed by atoms with Crippen LogP contribution in [0.15, 0.2) is 41.3 Å². The van der Waals surface area contributed by atoms with Gasteiger partial charge in [0.15, 0.2) is 9.84 Å². The minimum Gasteiger partial charge on any atom is -0.367 e. The van der Waals surface area contributed by atoms with Gasteiger partial charge in [0.2, 0.25) is 0 Å². The quantitative estimate of drug-likeness (QED) is 0.844. The summed E-state index contributed by atoms with van der Waals surface area (Å²) in [6.07, 6.45) is 3.24. The summed E-state index contributed by atoms with van der Waals surface area (Å²) in [7, 11) is -3.14. The van der Waals surface area contributed by atoms with Gasteiger partial charge in [-0.1, -0.05) is 12.1 Å². The number of hydrogen-bond acceptors (Lipinski definition) is 3. The summed E-state index contributed by atoms with van der Waals surface area (Å²) >= 11 is 0. The van der Waals surface area contributed by atoms with Gasteiger partial charge in [0.1, 0.15) is 0 Å². The molecule has 1 aliphatic heterocycles. The molecule has 0 bridgehead atoms. The Morgan fingerprint density at radius 2 is 1.65 bits per heavy atom. The van der Waals surface area contributed by atoms with E-state index >= 15 is 0 Å². The maximum absolute atomic E-state index is 11.8. The van der Waals surface area contributed by atoms with Crippen molar-refractivity contribution in [3.05, 3.63) is 58.7 Å². The summed E-state index contributed by atoms with van der Waals surface area (Å²) in [5, 5.41) is 0. The summed E-state index contributed by atoms with van der Waals surface area (Å²) in [6, 6.07) is 12.2. The van der Waals surface area contributed by atoms with E-state index in [-0.39, 0.29) is 0 Å². The molecule has 3 nitrogen and oxygen atoms in total. The molecule has 1 heterocycles. The van der Waals surface area contributed by atoms with Gasteiger partial charge in [-0.15, -0.1) is 0 Å². The van der Waals surface area contributed by atoms with Gasteiger partial charge < -0.3 is 4.90 Å². The Hall–Kier alpha value is -1.81. The van der Waals surface area contributed by atoms with Gasteiger partial charge in [0.25, 0.3) is 0 Å². The molecule has 2 aromatic rings. The molecule has 0 unspecified atom stereocenters. The first-order chi connectivity index (χ1) is 10.8.